The molecule has 5 aromatic carbocycles. The zero-order valence-corrected chi connectivity index (χ0v) is 23.8. The van der Waals surface area contributed by atoms with Gasteiger partial charge in [-0.3, -0.25) is 9.80 Å². The first kappa shape index (κ1) is 27.6. The predicted octanol–water partition coefficient (Wildman–Crippen LogP) is 8.71. The van der Waals surface area contributed by atoms with Crippen molar-refractivity contribution in [1.29, 1.82) is 0 Å². The summed E-state index contributed by atoms with van der Waals surface area (Å²) in [5.74, 6) is 0. The van der Waals surface area contributed by atoms with Crippen LogP contribution in [0.5, 0.6) is 0 Å². The summed E-state index contributed by atoms with van der Waals surface area (Å²) in [7, 11) is 0. The van der Waals surface area contributed by atoms with Gasteiger partial charge in [-0.2, -0.15) is 0 Å². The van der Waals surface area contributed by atoms with E-state index in [4.69, 9.17) is 0 Å². The minimum atomic E-state index is 0.917. The van der Waals surface area contributed by atoms with Crippen molar-refractivity contribution in [3.05, 3.63) is 178 Å². The molecule has 5 rings (SSSR count). The minimum Gasteiger partial charge on any atom is -0.291 e. The van der Waals surface area contributed by atoms with E-state index in [1.54, 1.807) is 0 Å². The standard InChI is InChI=1S/C38H40N2/c1-31-13-17-35(18-14-31)27-39(25-33-9-5-3-6-10-33)29-37-21-23-38(24-22-37)30-40(26-34-11-7-4-8-12-34)28-36-19-15-32(2)16-20-36/h3-24H,25-30H2,1-2H3. The number of rotatable bonds is 12. The maximum Gasteiger partial charge on any atom is 0.0240 e. The summed E-state index contributed by atoms with van der Waals surface area (Å²) in [6, 6.07) is 48.7. The average Bonchev–Trinajstić information content (AvgIpc) is 2.97. The van der Waals surface area contributed by atoms with Crippen LogP contribution >= 0.6 is 0 Å². The number of hydrogen-bond acceptors (Lipinski definition) is 2. The highest BCUT2D eigenvalue weighted by Crippen LogP contribution is 2.18. The lowest BCUT2D eigenvalue weighted by molar-refractivity contribution is 0.245. The van der Waals surface area contributed by atoms with Crippen molar-refractivity contribution < 1.29 is 0 Å². The Morgan fingerprint density at radius 3 is 0.800 bits per heavy atom. The van der Waals surface area contributed by atoms with Crippen LogP contribution in [0.15, 0.2) is 133 Å². The molecule has 40 heavy (non-hydrogen) atoms. The zero-order valence-electron chi connectivity index (χ0n) is 23.8. The molecule has 0 N–H and O–H groups in total. The van der Waals surface area contributed by atoms with Crippen LogP contribution in [0.2, 0.25) is 0 Å². The molecule has 2 heteroatoms. The quantitative estimate of drug-likeness (QED) is 0.161. The van der Waals surface area contributed by atoms with Gasteiger partial charge in [0.1, 0.15) is 0 Å². The third-order valence-corrected chi connectivity index (χ3v) is 7.39. The van der Waals surface area contributed by atoms with Gasteiger partial charge < -0.3 is 0 Å². The fourth-order valence-corrected chi connectivity index (χ4v) is 5.19. The topological polar surface area (TPSA) is 6.48 Å². The molecule has 0 saturated heterocycles. The summed E-state index contributed by atoms with van der Waals surface area (Å²) in [6.45, 7) is 9.84. The lowest BCUT2D eigenvalue weighted by Gasteiger charge is -2.24. The summed E-state index contributed by atoms with van der Waals surface area (Å²) >= 11 is 0. The first-order valence-corrected chi connectivity index (χ1v) is 14.3. The van der Waals surface area contributed by atoms with Crippen molar-refractivity contribution >= 4 is 0 Å². The van der Waals surface area contributed by atoms with E-state index in [2.05, 4.69) is 157 Å². The fourth-order valence-electron chi connectivity index (χ4n) is 5.19. The Labute approximate surface area is 240 Å². The third-order valence-electron chi connectivity index (χ3n) is 7.39. The number of benzene rings is 5. The Morgan fingerprint density at radius 2 is 0.525 bits per heavy atom. The molecule has 0 heterocycles. The van der Waals surface area contributed by atoms with Gasteiger partial charge in [-0.25, -0.2) is 0 Å². The van der Waals surface area contributed by atoms with Crippen LogP contribution in [-0.2, 0) is 39.3 Å². The van der Waals surface area contributed by atoms with E-state index in [-0.39, 0.29) is 0 Å². The molecule has 2 nitrogen and oxygen atoms in total. The molecule has 0 fully saturated rings. The van der Waals surface area contributed by atoms with Crippen molar-refractivity contribution in [2.45, 2.75) is 53.1 Å². The van der Waals surface area contributed by atoms with Gasteiger partial charge in [-0.15, -0.1) is 0 Å². The van der Waals surface area contributed by atoms with Gasteiger partial charge in [0.15, 0.2) is 0 Å². The van der Waals surface area contributed by atoms with E-state index >= 15 is 0 Å². The van der Waals surface area contributed by atoms with Gasteiger partial charge in [0.25, 0.3) is 0 Å². The molecular formula is C38H40N2. The van der Waals surface area contributed by atoms with Crippen LogP contribution in [-0.4, -0.2) is 9.80 Å². The first-order chi connectivity index (χ1) is 19.6. The molecule has 0 aromatic heterocycles. The minimum absolute atomic E-state index is 0.917. The van der Waals surface area contributed by atoms with Crippen LogP contribution in [0.1, 0.15) is 44.5 Å². The summed E-state index contributed by atoms with van der Waals surface area (Å²) in [5.41, 5.74) is 10.7. The maximum absolute atomic E-state index is 2.54. The van der Waals surface area contributed by atoms with Crippen LogP contribution in [0.4, 0.5) is 0 Å². The Hall–Kier alpha value is -3.98. The number of hydrogen-bond donors (Lipinski definition) is 0. The molecule has 0 unspecified atom stereocenters. The molecule has 5 aromatic rings. The highest BCUT2D eigenvalue weighted by Gasteiger charge is 2.11. The molecule has 0 atom stereocenters. The van der Waals surface area contributed by atoms with Crippen LogP contribution in [0.25, 0.3) is 0 Å². The largest absolute Gasteiger partial charge is 0.291 e. The van der Waals surface area contributed by atoms with E-state index in [1.165, 1.54) is 44.5 Å². The van der Waals surface area contributed by atoms with Gasteiger partial charge in [0.05, 0.1) is 0 Å². The Kier molecular flexibility index (Phi) is 9.58. The molecule has 0 bridgehead atoms. The SMILES string of the molecule is Cc1ccc(CN(Cc2ccccc2)Cc2ccc(CN(Cc3ccccc3)Cc3ccc(C)cc3)cc2)cc1. The lowest BCUT2D eigenvalue weighted by Crippen LogP contribution is -2.23. The first-order valence-electron chi connectivity index (χ1n) is 14.3. The zero-order chi connectivity index (χ0) is 27.6. The van der Waals surface area contributed by atoms with Gasteiger partial charge in [-0.1, -0.05) is 145 Å². The van der Waals surface area contributed by atoms with Gasteiger partial charge >= 0.3 is 0 Å². The van der Waals surface area contributed by atoms with Gasteiger partial charge in [-0.05, 0) is 47.2 Å². The Bertz CT molecular complexity index is 1310. The summed E-state index contributed by atoms with van der Waals surface area (Å²) < 4.78 is 0. The van der Waals surface area contributed by atoms with Crippen LogP contribution in [0.3, 0.4) is 0 Å². The molecule has 202 valence electrons. The van der Waals surface area contributed by atoms with E-state index in [0.717, 1.165) is 39.3 Å². The lowest BCUT2D eigenvalue weighted by atomic mass is 10.1. The maximum atomic E-state index is 2.54. The molecule has 0 aliphatic heterocycles. The van der Waals surface area contributed by atoms with Gasteiger partial charge in [0, 0.05) is 39.3 Å². The van der Waals surface area contributed by atoms with E-state index < -0.39 is 0 Å². The highest BCUT2D eigenvalue weighted by atomic mass is 15.1. The van der Waals surface area contributed by atoms with Crippen molar-refractivity contribution in [1.82, 2.24) is 9.80 Å². The second-order valence-electron chi connectivity index (χ2n) is 11.0. The molecule has 0 spiro atoms. The van der Waals surface area contributed by atoms with Crippen LogP contribution < -0.4 is 0 Å². The molecule has 0 amide bonds. The Balaban J connectivity index is 1.28. The third kappa shape index (κ3) is 8.51. The van der Waals surface area contributed by atoms with Crippen molar-refractivity contribution in [2.75, 3.05) is 0 Å². The fraction of sp³-hybridized carbons (Fsp3) is 0.211. The van der Waals surface area contributed by atoms with Crippen molar-refractivity contribution in [2.24, 2.45) is 0 Å². The average molecular weight is 525 g/mol. The normalized spacial score (nSPS) is 11.3. The summed E-state index contributed by atoms with van der Waals surface area (Å²) in [4.78, 5) is 5.07. The number of aryl methyl sites for hydroxylation is 2. The smallest absolute Gasteiger partial charge is 0.0240 e. The summed E-state index contributed by atoms with van der Waals surface area (Å²) in [6.07, 6.45) is 0. The molecule has 0 saturated carbocycles. The molecule has 0 aliphatic rings. The monoisotopic (exact) mass is 524 g/mol. The molecule has 0 radical (unpaired) electrons. The van der Waals surface area contributed by atoms with E-state index in [9.17, 15) is 0 Å². The van der Waals surface area contributed by atoms with E-state index in [0.29, 0.717) is 0 Å². The summed E-state index contributed by atoms with van der Waals surface area (Å²) in [5, 5.41) is 0. The second-order valence-corrected chi connectivity index (χ2v) is 11.0. The van der Waals surface area contributed by atoms with Crippen molar-refractivity contribution in [3.8, 4) is 0 Å². The second kappa shape index (κ2) is 13.9. The van der Waals surface area contributed by atoms with E-state index in [1.807, 2.05) is 0 Å². The van der Waals surface area contributed by atoms with Gasteiger partial charge in [0.2, 0.25) is 0 Å². The molecule has 0 aliphatic carbocycles. The number of nitrogens with zero attached hydrogens (tertiary/aromatic N) is 2. The predicted molar refractivity (Wildman–Crippen MR) is 168 cm³/mol. The Morgan fingerprint density at radius 1 is 0.300 bits per heavy atom. The molecular weight excluding hydrogens is 484 g/mol. The van der Waals surface area contributed by atoms with Crippen molar-refractivity contribution in [3.63, 3.8) is 0 Å². The van der Waals surface area contributed by atoms with Crippen LogP contribution in [0, 0.1) is 13.8 Å². The highest BCUT2D eigenvalue weighted by molar-refractivity contribution is 5.26.